The Balaban J connectivity index is 2.84. The number of nitro groups is 1. The van der Waals surface area contributed by atoms with Crippen molar-refractivity contribution in [3.8, 4) is 0 Å². The van der Waals surface area contributed by atoms with Crippen LogP contribution in [0.1, 0.15) is 37.7 Å². The highest BCUT2D eigenvalue weighted by atomic mass is 16.6. The van der Waals surface area contributed by atoms with Crippen molar-refractivity contribution in [3.05, 3.63) is 28.1 Å². The van der Waals surface area contributed by atoms with Crippen LogP contribution in [-0.4, -0.2) is 32.6 Å². The summed E-state index contributed by atoms with van der Waals surface area (Å²) in [4.78, 5) is 22.1. The van der Waals surface area contributed by atoms with Crippen molar-refractivity contribution in [3.63, 3.8) is 0 Å². The molecule has 2 N–H and O–H groups in total. The van der Waals surface area contributed by atoms with E-state index in [2.05, 4.69) is 5.32 Å². The second kappa shape index (κ2) is 5.83. The number of amides is 1. The largest absolute Gasteiger partial charge is 0.388 e. The maximum Gasteiger partial charge on any atom is 0.287 e. The number of hydrogen-bond donors (Lipinski definition) is 2. The van der Waals surface area contributed by atoms with E-state index in [-0.39, 0.29) is 17.9 Å². The topological polar surface area (TPSA) is 97.4 Å². The highest BCUT2D eigenvalue weighted by molar-refractivity contribution is 5.93. The Kier molecular flexibility index (Phi) is 4.66. The molecule has 106 valence electrons. The Labute approximate surface area is 111 Å². The van der Waals surface area contributed by atoms with Crippen LogP contribution in [0.25, 0.3) is 0 Å². The SMILES string of the molecule is CCn1cc([N+](=O)[O-])cc1C(=O)NCC(C)(O)CC. The first-order valence-corrected chi connectivity index (χ1v) is 6.16. The minimum absolute atomic E-state index is 0.102. The molecular formula is C12H19N3O4. The highest BCUT2D eigenvalue weighted by Crippen LogP contribution is 2.16. The number of aryl methyl sites for hydroxylation is 1. The summed E-state index contributed by atoms with van der Waals surface area (Å²) < 4.78 is 1.51. The molecule has 1 aromatic heterocycles. The summed E-state index contributed by atoms with van der Waals surface area (Å²) in [5, 5.41) is 23.1. The van der Waals surface area contributed by atoms with Crippen LogP contribution in [0.3, 0.4) is 0 Å². The van der Waals surface area contributed by atoms with Gasteiger partial charge in [0, 0.05) is 19.2 Å². The molecule has 0 saturated heterocycles. The highest BCUT2D eigenvalue weighted by Gasteiger charge is 2.22. The molecular weight excluding hydrogens is 250 g/mol. The van der Waals surface area contributed by atoms with Gasteiger partial charge in [0.1, 0.15) is 5.69 Å². The zero-order valence-corrected chi connectivity index (χ0v) is 11.3. The number of carbonyl (C=O) groups is 1. The summed E-state index contributed by atoms with van der Waals surface area (Å²) >= 11 is 0. The van der Waals surface area contributed by atoms with Gasteiger partial charge in [-0.2, -0.15) is 0 Å². The molecule has 1 aromatic rings. The van der Waals surface area contributed by atoms with E-state index in [0.29, 0.717) is 13.0 Å². The molecule has 0 saturated carbocycles. The smallest absolute Gasteiger partial charge is 0.287 e. The van der Waals surface area contributed by atoms with Gasteiger partial charge in [0.25, 0.3) is 11.6 Å². The average Bonchev–Trinajstić information content (AvgIpc) is 2.80. The van der Waals surface area contributed by atoms with E-state index < -0.39 is 16.4 Å². The van der Waals surface area contributed by atoms with Gasteiger partial charge in [-0.1, -0.05) is 6.92 Å². The number of hydrogen-bond acceptors (Lipinski definition) is 4. The third-order valence-electron chi connectivity index (χ3n) is 3.06. The summed E-state index contributed by atoms with van der Waals surface area (Å²) in [6.45, 7) is 5.79. The van der Waals surface area contributed by atoms with Crippen molar-refractivity contribution in [2.45, 2.75) is 39.3 Å². The standard InChI is InChI=1S/C12H19N3O4/c1-4-12(3,17)8-13-11(16)10-6-9(15(18)19)7-14(10)5-2/h6-7,17H,4-5,8H2,1-3H3,(H,13,16). The molecule has 1 atom stereocenters. The zero-order valence-electron chi connectivity index (χ0n) is 11.3. The summed E-state index contributed by atoms with van der Waals surface area (Å²) in [5.41, 5.74) is -0.874. The maximum atomic E-state index is 12.0. The molecule has 0 aliphatic carbocycles. The Morgan fingerprint density at radius 2 is 2.21 bits per heavy atom. The summed E-state index contributed by atoms with van der Waals surface area (Å²) in [7, 11) is 0. The average molecular weight is 269 g/mol. The third-order valence-corrected chi connectivity index (χ3v) is 3.06. The van der Waals surface area contributed by atoms with Crippen molar-refractivity contribution >= 4 is 11.6 Å². The lowest BCUT2D eigenvalue weighted by Gasteiger charge is -2.21. The molecule has 0 aliphatic heterocycles. The van der Waals surface area contributed by atoms with Gasteiger partial charge in [0.05, 0.1) is 16.7 Å². The van der Waals surface area contributed by atoms with Gasteiger partial charge in [-0.15, -0.1) is 0 Å². The fourth-order valence-electron chi connectivity index (χ4n) is 1.53. The van der Waals surface area contributed by atoms with Gasteiger partial charge in [-0.25, -0.2) is 0 Å². The van der Waals surface area contributed by atoms with Crippen molar-refractivity contribution < 1.29 is 14.8 Å². The van der Waals surface area contributed by atoms with E-state index >= 15 is 0 Å². The molecule has 7 nitrogen and oxygen atoms in total. The van der Waals surface area contributed by atoms with Gasteiger partial charge in [-0.05, 0) is 20.3 Å². The maximum absolute atomic E-state index is 12.0. The molecule has 0 bridgehead atoms. The van der Waals surface area contributed by atoms with Crippen LogP contribution >= 0.6 is 0 Å². The van der Waals surface area contributed by atoms with E-state index in [1.165, 1.54) is 16.8 Å². The van der Waals surface area contributed by atoms with E-state index in [1.807, 2.05) is 6.92 Å². The molecule has 1 amide bonds. The molecule has 0 aromatic carbocycles. The molecule has 1 heterocycles. The van der Waals surface area contributed by atoms with Crippen LogP contribution in [-0.2, 0) is 6.54 Å². The summed E-state index contributed by atoms with van der Waals surface area (Å²) in [6.07, 6.45) is 1.83. The van der Waals surface area contributed by atoms with Crippen molar-refractivity contribution in [1.82, 2.24) is 9.88 Å². The monoisotopic (exact) mass is 269 g/mol. The summed E-state index contributed by atoms with van der Waals surface area (Å²) in [5.74, 6) is -0.427. The molecule has 0 radical (unpaired) electrons. The minimum atomic E-state index is -0.981. The van der Waals surface area contributed by atoms with Gasteiger partial charge in [-0.3, -0.25) is 14.9 Å². The molecule has 0 aliphatic rings. The van der Waals surface area contributed by atoms with Crippen LogP contribution in [0.4, 0.5) is 5.69 Å². The van der Waals surface area contributed by atoms with Crippen LogP contribution < -0.4 is 5.32 Å². The van der Waals surface area contributed by atoms with Gasteiger partial charge in [0.15, 0.2) is 0 Å². The minimum Gasteiger partial charge on any atom is -0.388 e. The van der Waals surface area contributed by atoms with Gasteiger partial charge >= 0.3 is 0 Å². The van der Waals surface area contributed by atoms with Crippen LogP contribution in [0.15, 0.2) is 12.3 Å². The van der Waals surface area contributed by atoms with Gasteiger partial charge in [0.2, 0.25) is 0 Å². The molecule has 0 spiro atoms. The lowest BCUT2D eigenvalue weighted by atomic mass is 10.0. The molecule has 1 rings (SSSR count). The third kappa shape index (κ3) is 3.78. The summed E-state index contributed by atoms with van der Waals surface area (Å²) in [6, 6.07) is 1.24. The first-order valence-electron chi connectivity index (χ1n) is 6.16. The Morgan fingerprint density at radius 1 is 1.58 bits per heavy atom. The number of aromatic nitrogens is 1. The predicted molar refractivity (Wildman–Crippen MR) is 70.0 cm³/mol. The first-order chi connectivity index (χ1) is 8.80. The number of carbonyl (C=O) groups excluding carboxylic acids is 1. The number of aliphatic hydroxyl groups is 1. The Bertz CT molecular complexity index is 479. The van der Waals surface area contributed by atoms with E-state index in [4.69, 9.17) is 0 Å². The number of rotatable bonds is 6. The van der Waals surface area contributed by atoms with Gasteiger partial charge < -0.3 is 15.0 Å². The van der Waals surface area contributed by atoms with E-state index in [0.717, 1.165) is 0 Å². The molecule has 19 heavy (non-hydrogen) atoms. The lowest BCUT2D eigenvalue weighted by molar-refractivity contribution is -0.384. The Morgan fingerprint density at radius 3 is 2.68 bits per heavy atom. The van der Waals surface area contributed by atoms with Crippen LogP contribution in [0.5, 0.6) is 0 Å². The second-order valence-electron chi connectivity index (χ2n) is 4.66. The zero-order chi connectivity index (χ0) is 14.6. The first kappa shape index (κ1) is 15.2. The van der Waals surface area contributed by atoms with Crippen LogP contribution in [0, 0.1) is 10.1 Å². The van der Waals surface area contributed by atoms with Crippen LogP contribution in [0.2, 0.25) is 0 Å². The molecule has 1 unspecified atom stereocenters. The van der Waals surface area contributed by atoms with E-state index in [1.54, 1.807) is 13.8 Å². The lowest BCUT2D eigenvalue weighted by Crippen LogP contribution is -2.40. The fourth-order valence-corrected chi connectivity index (χ4v) is 1.53. The number of nitrogens with zero attached hydrogens (tertiary/aromatic N) is 2. The van der Waals surface area contributed by atoms with Crippen molar-refractivity contribution in [2.24, 2.45) is 0 Å². The number of nitrogens with one attached hydrogen (secondary N) is 1. The second-order valence-corrected chi connectivity index (χ2v) is 4.66. The molecule has 0 fully saturated rings. The van der Waals surface area contributed by atoms with E-state index in [9.17, 15) is 20.0 Å². The quantitative estimate of drug-likeness (QED) is 0.601. The fraction of sp³-hybridized carbons (Fsp3) is 0.583. The van der Waals surface area contributed by atoms with Crippen molar-refractivity contribution in [2.75, 3.05) is 6.54 Å². The predicted octanol–water partition coefficient (Wildman–Crippen LogP) is 1.31. The Hall–Kier alpha value is -1.89. The normalized spacial score (nSPS) is 13.9. The molecule has 7 heteroatoms. The van der Waals surface area contributed by atoms with Crippen molar-refractivity contribution in [1.29, 1.82) is 0 Å².